The van der Waals surface area contributed by atoms with Crippen LogP contribution in [0.1, 0.15) is 433 Å². The first-order valence-corrected chi connectivity index (χ1v) is 53.0. The molecule has 0 aromatic rings. The molecule has 25 heteroatoms. The van der Waals surface area contributed by atoms with Crippen LogP contribution >= 0.6 is 0 Å². The third-order valence-electron chi connectivity index (χ3n) is 32.3. The number of carbonyl (C=O) groups excluding carboxylic acids is 10. The van der Waals surface area contributed by atoms with E-state index in [1.807, 2.05) is 77.2 Å². The second kappa shape index (κ2) is 53.6. The Hall–Kier alpha value is -8.10. The first-order chi connectivity index (χ1) is 90.5. The van der Waals surface area contributed by atoms with Gasteiger partial charge in [-0.25, -0.2) is 0 Å². The number of cyclic esters (lactones) is 5. The molecule has 5 N–H and O–H groups in total. The summed E-state index contributed by atoms with van der Waals surface area (Å²) >= 11 is 0. The molecule has 5 heterocycles. The molecule has 0 bridgehead atoms. The average Bonchev–Trinajstić information content (AvgIpc) is 0.714. The van der Waals surface area contributed by atoms with Crippen LogP contribution in [0.15, 0.2) is 119 Å². The number of aliphatic hydroxyl groups excluding tert-OH is 5. The van der Waals surface area contributed by atoms with Gasteiger partial charge in [-0.15, -0.1) is 0 Å². The van der Waals surface area contributed by atoms with Gasteiger partial charge in [0.25, 0.3) is 0 Å². The van der Waals surface area contributed by atoms with E-state index in [2.05, 4.69) is 0 Å². The van der Waals surface area contributed by atoms with Crippen LogP contribution in [0, 0.1) is 145 Å². The van der Waals surface area contributed by atoms with Crippen molar-refractivity contribution in [1.82, 2.24) is 0 Å². The lowest BCUT2D eigenvalue weighted by Crippen LogP contribution is -2.43. The number of rotatable bonds is 30. The fourth-order valence-corrected chi connectivity index (χ4v) is 23.1. The summed E-state index contributed by atoms with van der Waals surface area (Å²) in [5.74, 6) is -20.7. The Kier molecular flexibility index (Phi) is 24.7. The van der Waals surface area contributed by atoms with Crippen LogP contribution in [-0.2, 0) is 95.3 Å². The maximum atomic E-state index is 13.7. The van der Waals surface area contributed by atoms with Crippen molar-refractivity contribution in [3.05, 3.63) is 119 Å². The standard InChI is InChI=1S/5C25H38O5/c5*1-6-25(4,5)24(28)30-21-12-15(2)11-17-8-7-16(3)20(23(17)21)10-9-19-13-18(26)14-22(27)29-19/h5*7-8,11,15-16,18-21,23,26H,6,9-10,12-14H2,1-5H3/t5*15-,16-,18+,19?,20-,21-,23-/m00000/s1/i1D3,2D3,4D3,6D2,14D2;2D3,4D3,5D3,14D2;1D3,2D3,6D2,14D2;2*2D3,4D3,14D2/t15-,16-,18+,19?,20-,21-,23-,25?;2m;2*15-,16-,18+,19?,20-,21-,23-,25?. The van der Waals surface area contributed by atoms with Crippen molar-refractivity contribution in [1.29, 1.82) is 0 Å². The second-order valence-electron chi connectivity index (χ2n) is 44.4. The van der Waals surface area contributed by atoms with Gasteiger partial charge in [-0.1, -0.05) is 194 Å². The third-order valence-corrected chi connectivity index (χ3v) is 32.3. The minimum Gasteiger partial charge on any atom is -0.462 e. The van der Waals surface area contributed by atoms with Crippen molar-refractivity contribution in [2.24, 2.45) is 145 Å². The van der Waals surface area contributed by atoms with E-state index < -0.39 is 371 Å². The maximum absolute atomic E-state index is 13.7. The molecule has 5 aliphatic heterocycles. The molecular weight excluding hydrogens is 1900 g/mol. The van der Waals surface area contributed by atoms with Gasteiger partial charge in [0, 0.05) is 130 Å². The van der Waals surface area contributed by atoms with Crippen LogP contribution in [-0.4, -0.2) is 177 Å². The third kappa shape index (κ3) is 32.8. The van der Waals surface area contributed by atoms with Gasteiger partial charge in [0.1, 0.15) is 61.0 Å². The number of ether oxygens (including phenoxy) is 10. The molecular formula is C125H190O25. The molecule has 5 saturated heterocycles. The van der Waals surface area contributed by atoms with E-state index in [-0.39, 0.29) is 155 Å². The first-order valence-electron chi connectivity index (χ1n) is 78.0. The van der Waals surface area contributed by atoms with Crippen molar-refractivity contribution in [2.45, 2.75) is 456 Å². The van der Waals surface area contributed by atoms with Crippen LogP contribution in [0.5, 0.6) is 0 Å². The summed E-state index contributed by atoms with van der Waals surface area (Å²) < 4.78 is 449. The predicted molar refractivity (Wildman–Crippen MR) is 577 cm³/mol. The largest absolute Gasteiger partial charge is 0.462 e. The number of esters is 10. The van der Waals surface area contributed by atoms with Gasteiger partial charge in [-0.3, -0.25) is 47.9 Å². The smallest absolute Gasteiger partial charge is 0.311 e. The first kappa shape index (κ1) is 69.1. The van der Waals surface area contributed by atoms with Gasteiger partial charge in [-0.2, -0.15) is 0 Å². The molecule has 840 valence electrons. The Morgan fingerprint density at radius 1 is 0.307 bits per heavy atom. The Morgan fingerprint density at radius 2 is 0.500 bits per heavy atom. The van der Waals surface area contributed by atoms with Crippen molar-refractivity contribution in [3.8, 4) is 0 Å². The summed E-state index contributed by atoms with van der Waals surface area (Å²) in [5, 5.41) is 50.6. The highest BCUT2D eigenvalue weighted by Crippen LogP contribution is 2.54. The maximum Gasteiger partial charge on any atom is 0.311 e. The topological polar surface area (TPSA) is 364 Å². The molecule has 0 saturated carbocycles. The van der Waals surface area contributed by atoms with Crippen LogP contribution in [0.25, 0.3) is 0 Å². The number of allylic oxidation sites excluding steroid dienone is 15. The number of hydrogen-bond donors (Lipinski definition) is 5. The Bertz CT molecular complexity index is 6910. The van der Waals surface area contributed by atoms with Gasteiger partial charge in [0.05, 0.1) is 89.5 Å². The summed E-state index contributed by atoms with van der Waals surface area (Å²) in [6.45, 7) is -14.0. The number of hydrogen-bond acceptors (Lipinski definition) is 25. The van der Waals surface area contributed by atoms with E-state index in [1.54, 1.807) is 62.5 Å². The zero-order valence-electron chi connectivity index (χ0n) is 138. The highest BCUT2D eigenvalue weighted by molar-refractivity contribution is 5.79. The van der Waals surface area contributed by atoms with Gasteiger partial charge in [0.15, 0.2) is 0 Å². The molecule has 0 amide bonds. The fraction of sp³-hybridized carbons (Fsp3) is 0.760. The molecule has 0 spiro atoms. The highest BCUT2D eigenvalue weighted by atomic mass is 16.6. The van der Waals surface area contributed by atoms with E-state index >= 15 is 0 Å². The van der Waals surface area contributed by atoms with E-state index in [1.165, 1.54) is 20.8 Å². The van der Waals surface area contributed by atoms with Gasteiger partial charge in [0.2, 0.25) is 0 Å². The molecule has 25 nitrogen and oxygen atoms in total. The summed E-state index contributed by atoms with van der Waals surface area (Å²) in [5.41, 5.74) is -8.40. The molecule has 0 aromatic carbocycles. The number of aliphatic hydroxyl groups is 5. The molecule has 38 atom stereocenters. The van der Waals surface area contributed by atoms with E-state index in [0.29, 0.717) is 79.7 Å². The quantitative estimate of drug-likeness (QED) is 0.0329. The summed E-state index contributed by atoms with van der Waals surface area (Å²) in [7, 11) is 0. The lowest BCUT2D eigenvalue weighted by Gasteiger charge is -2.44. The van der Waals surface area contributed by atoms with Crippen LogP contribution < -0.4 is 0 Å². The second-order valence-corrected chi connectivity index (χ2v) is 44.4. The van der Waals surface area contributed by atoms with Gasteiger partial charge < -0.3 is 72.9 Å². The normalized spacial score (nSPS) is 45.3. The Morgan fingerprint density at radius 3 is 0.687 bits per heavy atom. The van der Waals surface area contributed by atoms with Crippen molar-refractivity contribution in [2.75, 3.05) is 0 Å². The molecule has 150 heavy (non-hydrogen) atoms. The lowest BCUT2D eigenvalue weighted by atomic mass is 9.65. The van der Waals surface area contributed by atoms with E-state index in [4.69, 9.17) is 116 Å². The summed E-state index contributed by atoms with van der Waals surface area (Å²) in [6, 6.07) is 0. The predicted octanol–water partition coefficient (Wildman–Crippen LogP) is 22.9. The fourth-order valence-electron chi connectivity index (χ4n) is 23.1. The van der Waals surface area contributed by atoms with Crippen LogP contribution in [0.3, 0.4) is 0 Å². The lowest BCUT2D eigenvalue weighted by molar-refractivity contribution is -0.166. The number of fused-ring (bicyclic) bond motifs is 5. The minimum atomic E-state index is -3.55. The monoisotopic (exact) mass is 2140 g/mol. The average molecular weight is 2140 g/mol. The molecule has 0 aromatic heterocycles. The molecule has 0 radical (unpaired) electrons. The molecule has 15 aliphatic rings. The van der Waals surface area contributed by atoms with Crippen LogP contribution in [0.2, 0.25) is 0 Å². The van der Waals surface area contributed by atoms with Crippen LogP contribution in [0.4, 0.5) is 0 Å². The molecule has 5 fully saturated rings. The SMILES string of the molecule is [2H]C([2H])([2H])[C@H]1C=C2C=C[C@H](C)[C@H](CCC3C[C@@H](O)C([2H])([2H])C(=O)O3)[C@H]2[C@@H](OC(=O)C(C)(C([2H])([2H])[2H])C([2H])([2H])C([2H])([2H])[2H])C1.[2H]C([2H])([2H])[C@H]1C=C2C=C[C@H](C)[C@H](CCC3C[C@@H](O)C([2H])([2H])C(=O)O3)[C@H]2[C@@H](OC(=O)C(C)(C)C([2H])([2H])C([2H])([2H])[2H])C1.[2H]C([2H])([2H])[C@H]1C=C2C=C[C@H](C)[C@H](CCC3C[C@@H](O)C([2H])([2H])C(=O)O3)[C@H]2[C@@H](OC(=O)C(C)(CC)C([2H])([2H])[2H])C1.[2H]C([2H])([2H])[C@H]1C=C2C=C[C@H](C)[C@H](CCC3C[C@@H](O)C([2H])([2H])C(=O)O3)[C@H]2[C@@H](OC(=O)C(C)(CC)C([2H])([2H])[2H])C1.[2H]C([2H])([2H])[C@H]1C=C2C=C[C@H](C)[C@H](CCC3C[C@@H](O)C([2H])([2H])C(=O)O3)[C@H]2[C@@H](OC(=O)C(CC)(C([2H])([2H])[2H])C([2H])([2H])[2H])C1. The van der Waals surface area contributed by atoms with E-state index in [9.17, 15) is 73.5 Å². The Balaban J connectivity index is 0.000000230. The summed E-state index contributed by atoms with van der Waals surface area (Å²) in [4.78, 5) is 128. The zero-order chi connectivity index (χ0) is 153. The highest BCUT2D eigenvalue weighted by Gasteiger charge is 2.52. The van der Waals surface area contributed by atoms with Crippen molar-refractivity contribution < 1.29 is 189 Å². The molecule has 15 rings (SSSR count). The minimum absolute atomic E-state index is 0.0153. The van der Waals surface area contributed by atoms with Crippen molar-refractivity contribution in [3.63, 3.8) is 0 Å². The number of carbonyl (C=O) groups is 10. The Labute approximate surface area is 967 Å². The van der Waals surface area contributed by atoms with E-state index in [0.717, 1.165) is 13.8 Å². The van der Waals surface area contributed by atoms with Crippen molar-refractivity contribution >= 4 is 59.7 Å². The van der Waals surface area contributed by atoms with Gasteiger partial charge in [-0.05, 0) is 314 Å². The zero-order valence-corrected chi connectivity index (χ0v) is 88.0. The van der Waals surface area contributed by atoms with Gasteiger partial charge >= 0.3 is 59.7 Å². The molecule has 10 aliphatic carbocycles. The summed E-state index contributed by atoms with van der Waals surface area (Å²) in [6.07, 6.45) is -6.89. The molecule has 8 unspecified atom stereocenters.